The molecule has 0 N–H and O–H groups in total. The molecule has 1 aliphatic rings. The molecule has 1 fully saturated rings. The SMILES string of the molecule is CCOC(=O)CC1CCCN1c1ccc(C(=O)c2ccc(Cl)cc2C)cc1. The maximum absolute atomic E-state index is 12.8. The van der Waals surface area contributed by atoms with Crippen LogP contribution in [0.15, 0.2) is 42.5 Å². The molecule has 0 amide bonds. The maximum atomic E-state index is 12.8. The summed E-state index contributed by atoms with van der Waals surface area (Å²) in [7, 11) is 0. The van der Waals surface area contributed by atoms with Crippen LogP contribution >= 0.6 is 11.6 Å². The Balaban J connectivity index is 1.74. The minimum Gasteiger partial charge on any atom is -0.466 e. The predicted molar refractivity (Wildman–Crippen MR) is 108 cm³/mol. The summed E-state index contributed by atoms with van der Waals surface area (Å²) < 4.78 is 5.09. The molecule has 0 spiro atoms. The molecule has 0 aromatic heterocycles. The Kier molecular flexibility index (Phi) is 6.17. The van der Waals surface area contributed by atoms with Gasteiger partial charge in [0.05, 0.1) is 13.0 Å². The fourth-order valence-corrected chi connectivity index (χ4v) is 3.87. The Morgan fingerprint density at radius 1 is 1.19 bits per heavy atom. The van der Waals surface area contributed by atoms with E-state index in [2.05, 4.69) is 4.90 Å². The number of ether oxygens (including phenoxy) is 1. The highest BCUT2D eigenvalue weighted by Gasteiger charge is 2.27. The van der Waals surface area contributed by atoms with E-state index in [4.69, 9.17) is 16.3 Å². The molecule has 3 rings (SSSR count). The van der Waals surface area contributed by atoms with Gasteiger partial charge < -0.3 is 9.64 Å². The number of aryl methyl sites for hydroxylation is 1. The summed E-state index contributed by atoms with van der Waals surface area (Å²) in [5.41, 5.74) is 3.20. The third-order valence-electron chi connectivity index (χ3n) is 4.98. The Hall–Kier alpha value is -2.33. The molecule has 0 bridgehead atoms. The second-order valence-corrected chi connectivity index (χ2v) is 7.27. The number of hydrogen-bond donors (Lipinski definition) is 0. The van der Waals surface area contributed by atoms with Gasteiger partial charge in [0, 0.05) is 34.4 Å². The number of halogens is 1. The Bertz CT molecular complexity index is 832. The quantitative estimate of drug-likeness (QED) is 0.529. The van der Waals surface area contributed by atoms with E-state index < -0.39 is 0 Å². The van der Waals surface area contributed by atoms with Gasteiger partial charge in [0.15, 0.2) is 5.78 Å². The van der Waals surface area contributed by atoms with Gasteiger partial charge in [-0.2, -0.15) is 0 Å². The lowest BCUT2D eigenvalue weighted by Crippen LogP contribution is -2.31. The summed E-state index contributed by atoms with van der Waals surface area (Å²) >= 11 is 5.98. The van der Waals surface area contributed by atoms with Crippen LogP contribution in [0.5, 0.6) is 0 Å². The summed E-state index contributed by atoms with van der Waals surface area (Å²) in [6.07, 6.45) is 2.43. The van der Waals surface area contributed by atoms with Gasteiger partial charge in [-0.3, -0.25) is 9.59 Å². The van der Waals surface area contributed by atoms with Gasteiger partial charge in [0.2, 0.25) is 0 Å². The van der Waals surface area contributed by atoms with Gasteiger partial charge in [-0.15, -0.1) is 0 Å². The molecular formula is C22H24ClNO3. The first-order valence-corrected chi connectivity index (χ1v) is 9.70. The molecule has 2 aromatic rings. The predicted octanol–water partition coefficient (Wildman–Crippen LogP) is 4.80. The van der Waals surface area contributed by atoms with E-state index in [0.717, 1.165) is 30.6 Å². The summed E-state index contributed by atoms with van der Waals surface area (Å²) in [5, 5.41) is 0.626. The lowest BCUT2D eigenvalue weighted by atomic mass is 9.99. The van der Waals surface area contributed by atoms with Crippen molar-refractivity contribution in [3.8, 4) is 0 Å². The van der Waals surface area contributed by atoms with Crippen LogP contribution in [0.4, 0.5) is 5.69 Å². The highest BCUT2D eigenvalue weighted by Crippen LogP contribution is 2.28. The van der Waals surface area contributed by atoms with Crippen LogP contribution in [0.3, 0.4) is 0 Å². The molecule has 1 atom stereocenters. The van der Waals surface area contributed by atoms with Crippen molar-refractivity contribution in [2.24, 2.45) is 0 Å². The van der Waals surface area contributed by atoms with Crippen LogP contribution in [0, 0.1) is 6.92 Å². The number of carbonyl (C=O) groups is 2. The highest BCUT2D eigenvalue weighted by molar-refractivity contribution is 6.30. The first-order chi connectivity index (χ1) is 13.0. The van der Waals surface area contributed by atoms with E-state index in [9.17, 15) is 9.59 Å². The van der Waals surface area contributed by atoms with E-state index in [1.165, 1.54) is 0 Å². The van der Waals surface area contributed by atoms with Crippen molar-refractivity contribution in [1.82, 2.24) is 0 Å². The summed E-state index contributed by atoms with van der Waals surface area (Å²) in [4.78, 5) is 26.8. The van der Waals surface area contributed by atoms with E-state index in [-0.39, 0.29) is 17.8 Å². The van der Waals surface area contributed by atoms with E-state index in [1.807, 2.05) is 38.1 Å². The normalized spacial score (nSPS) is 16.4. The third kappa shape index (κ3) is 4.51. The minimum absolute atomic E-state index is 0.0137. The number of carbonyl (C=O) groups excluding carboxylic acids is 2. The van der Waals surface area contributed by atoms with Crippen molar-refractivity contribution >= 4 is 29.0 Å². The molecule has 1 unspecified atom stereocenters. The Morgan fingerprint density at radius 3 is 2.59 bits per heavy atom. The van der Waals surface area contributed by atoms with Crippen molar-refractivity contribution in [1.29, 1.82) is 0 Å². The zero-order valence-electron chi connectivity index (χ0n) is 15.7. The van der Waals surface area contributed by atoms with E-state index in [1.54, 1.807) is 18.2 Å². The lowest BCUT2D eigenvalue weighted by molar-refractivity contribution is -0.143. The second kappa shape index (κ2) is 8.57. The summed E-state index contributed by atoms with van der Waals surface area (Å²) in [6, 6.07) is 13.1. The van der Waals surface area contributed by atoms with Gasteiger partial charge >= 0.3 is 5.97 Å². The number of hydrogen-bond acceptors (Lipinski definition) is 4. The smallest absolute Gasteiger partial charge is 0.307 e. The second-order valence-electron chi connectivity index (χ2n) is 6.83. The van der Waals surface area contributed by atoms with Gasteiger partial charge in [-0.1, -0.05) is 11.6 Å². The Labute approximate surface area is 165 Å². The van der Waals surface area contributed by atoms with Crippen LogP contribution in [-0.2, 0) is 9.53 Å². The average molecular weight is 386 g/mol. The minimum atomic E-state index is -0.153. The fraction of sp³-hybridized carbons (Fsp3) is 0.364. The topological polar surface area (TPSA) is 46.6 Å². The zero-order chi connectivity index (χ0) is 19.4. The average Bonchev–Trinajstić information content (AvgIpc) is 3.09. The van der Waals surface area contributed by atoms with Gasteiger partial charge in [0.25, 0.3) is 0 Å². The van der Waals surface area contributed by atoms with Crippen LogP contribution in [0.2, 0.25) is 5.02 Å². The standard InChI is InChI=1S/C22H24ClNO3/c1-3-27-21(25)14-19-5-4-12-24(19)18-9-6-16(7-10-18)22(26)20-11-8-17(23)13-15(20)2/h6-11,13,19H,3-5,12,14H2,1-2H3. The van der Waals surface area contributed by atoms with Crippen LogP contribution in [0.25, 0.3) is 0 Å². The molecule has 4 nitrogen and oxygen atoms in total. The van der Waals surface area contributed by atoms with Crippen molar-refractivity contribution in [2.45, 2.75) is 39.2 Å². The van der Waals surface area contributed by atoms with Crippen LogP contribution in [0.1, 0.15) is 47.7 Å². The maximum Gasteiger partial charge on any atom is 0.307 e. The van der Waals surface area contributed by atoms with E-state index >= 15 is 0 Å². The molecule has 27 heavy (non-hydrogen) atoms. The molecule has 0 radical (unpaired) electrons. The van der Waals surface area contributed by atoms with Crippen molar-refractivity contribution in [3.63, 3.8) is 0 Å². The largest absolute Gasteiger partial charge is 0.466 e. The first-order valence-electron chi connectivity index (χ1n) is 9.32. The van der Waals surface area contributed by atoms with Crippen molar-refractivity contribution in [2.75, 3.05) is 18.1 Å². The number of nitrogens with zero attached hydrogens (tertiary/aromatic N) is 1. The molecule has 0 aliphatic carbocycles. The molecule has 5 heteroatoms. The van der Waals surface area contributed by atoms with Crippen LogP contribution < -0.4 is 4.90 Å². The lowest BCUT2D eigenvalue weighted by Gasteiger charge is -2.26. The van der Waals surface area contributed by atoms with Gasteiger partial charge in [0.1, 0.15) is 0 Å². The first kappa shape index (κ1) is 19.4. The molecule has 1 heterocycles. The number of rotatable bonds is 6. The highest BCUT2D eigenvalue weighted by atomic mass is 35.5. The molecule has 2 aromatic carbocycles. The number of anilines is 1. The summed E-state index contributed by atoms with van der Waals surface area (Å²) in [6.45, 7) is 5.03. The fourth-order valence-electron chi connectivity index (χ4n) is 3.64. The molecule has 1 aliphatic heterocycles. The van der Waals surface area contributed by atoms with Crippen molar-refractivity contribution in [3.05, 3.63) is 64.2 Å². The molecular weight excluding hydrogens is 362 g/mol. The number of esters is 1. The molecule has 1 saturated heterocycles. The number of benzene rings is 2. The van der Waals surface area contributed by atoms with Crippen LogP contribution in [-0.4, -0.2) is 30.9 Å². The zero-order valence-corrected chi connectivity index (χ0v) is 16.5. The Morgan fingerprint density at radius 2 is 1.93 bits per heavy atom. The third-order valence-corrected chi connectivity index (χ3v) is 5.21. The van der Waals surface area contributed by atoms with Gasteiger partial charge in [-0.25, -0.2) is 0 Å². The van der Waals surface area contributed by atoms with Crippen molar-refractivity contribution < 1.29 is 14.3 Å². The monoisotopic (exact) mass is 385 g/mol. The van der Waals surface area contributed by atoms with Gasteiger partial charge in [-0.05, 0) is 74.7 Å². The molecule has 0 saturated carbocycles. The number of ketones is 1. The summed E-state index contributed by atoms with van der Waals surface area (Å²) in [5.74, 6) is -0.167. The molecule has 142 valence electrons. The van der Waals surface area contributed by atoms with E-state index in [0.29, 0.717) is 29.2 Å².